The first kappa shape index (κ1) is 14.7. The van der Waals surface area contributed by atoms with Gasteiger partial charge in [-0.15, -0.1) is 10.2 Å². The number of nitrogens with zero attached hydrogens (tertiary/aromatic N) is 3. The van der Waals surface area contributed by atoms with E-state index >= 15 is 0 Å². The fraction of sp³-hybridized carbons (Fsp3) is 0.125. The first-order valence-electron chi connectivity index (χ1n) is 7.03. The Hall–Kier alpha value is -3.22. The van der Waals surface area contributed by atoms with Gasteiger partial charge in [0.05, 0.1) is 0 Å². The molecule has 0 fully saturated rings. The predicted molar refractivity (Wildman–Crippen MR) is 85.7 cm³/mol. The molecule has 2 heterocycles. The maximum atomic E-state index is 12.2. The van der Waals surface area contributed by atoms with Crippen LogP contribution >= 0.6 is 0 Å². The van der Waals surface area contributed by atoms with Crippen LogP contribution in [-0.2, 0) is 0 Å². The number of anilines is 3. The summed E-state index contributed by atoms with van der Waals surface area (Å²) in [5, 5.41) is 17.5. The van der Waals surface area contributed by atoms with Gasteiger partial charge in [-0.2, -0.15) is 0 Å². The van der Waals surface area contributed by atoms with E-state index < -0.39 is 0 Å². The molecular formula is C16H15N5O2. The minimum atomic E-state index is -0.217. The molecule has 0 unspecified atom stereocenters. The van der Waals surface area contributed by atoms with Crippen LogP contribution in [-0.4, -0.2) is 21.3 Å². The summed E-state index contributed by atoms with van der Waals surface area (Å²) in [5.74, 6) is 1.91. The maximum absolute atomic E-state index is 12.2. The van der Waals surface area contributed by atoms with E-state index in [2.05, 4.69) is 26.0 Å². The summed E-state index contributed by atoms with van der Waals surface area (Å²) in [5.41, 5.74) is 1.51. The molecule has 0 atom stereocenters. The second-order valence-electron chi connectivity index (χ2n) is 5.02. The second kappa shape index (κ2) is 6.27. The average molecular weight is 309 g/mol. The number of aryl methyl sites for hydroxylation is 2. The largest absolute Gasteiger partial charge is 0.360 e. The molecule has 2 aromatic heterocycles. The SMILES string of the molecule is Cc1cc(Nc2ccc(NC(=O)c3ccccc3C)nn2)no1. The molecule has 0 radical (unpaired) electrons. The lowest BCUT2D eigenvalue weighted by molar-refractivity contribution is 0.102. The molecule has 7 nitrogen and oxygen atoms in total. The highest BCUT2D eigenvalue weighted by Gasteiger charge is 2.09. The topological polar surface area (TPSA) is 92.9 Å². The predicted octanol–water partition coefficient (Wildman–Crippen LogP) is 3.08. The zero-order valence-electron chi connectivity index (χ0n) is 12.7. The number of aromatic nitrogens is 3. The highest BCUT2D eigenvalue weighted by atomic mass is 16.5. The molecule has 0 aliphatic carbocycles. The summed E-state index contributed by atoms with van der Waals surface area (Å²) < 4.78 is 4.96. The first-order chi connectivity index (χ1) is 11.1. The summed E-state index contributed by atoms with van der Waals surface area (Å²) in [6.45, 7) is 3.68. The Morgan fingerprint density at radius 1 is 1.00 bits per heavy atom. The summed E-state index contributed by atoms with van der Waals surface area (Å²) >= 11 is 0. The van der Waals surface area contributed by atoms with Crippen molar-refractivity contribution in [3.05, 3.63) is 59.4 Å². The van der Waals surface area contributed by atoms with Gasteiger partial charge < -0.3 is 15.2 Å². The molecule has 3 aromatic rings. The minimum absolute atomic E-state index is 0.217. The molecule has 1 aromatic carbocycles. The van der Waals surface area contributed by atoms with E-state index in [1.807, 2.05) is 25.1 Å². The number of hydrogen-bond donors (Lipinski definition) is 2. The molecule has 0 saturated heterocycles. The van der Waals surface area contributed by atoms with Crippen molar-refractivity contribution in [3.8, 4) is 0 Å². The molecule has 0 aliphatic heterocycles. The third-order valence-electron chi connectivity index (χ3n) is 3.18. The van der Waals surface area contributed by atoms with E-state index in [1.54, 1.807) is 31.2 Å². The highest BCUT2D eigenvalue weighted by Crippen LogP contribution is 2.15. The summed E-state index contributed by atoms with van der Waals surface area (Å²) in [7, 11) is 0. The fourth-order valence-electron chi connectivity index (χ4n) is 2.03. The van der Waals surface area contributed by atoms with Crippen molar-refractivity contribution in [3.63, 3.8) is 0 Å². The van der Waals surface area contributed by atoms with Crippen LogP contribution in [0.2, 0.25) is 0 Å². The van der Waals surface area contributed by atoms with Crippen molar-refractivity contribution in [2.75, 3.05) is 10.6 Å². The Morgan fingerprint density at radius 2 is 1.74 bits per heavy atom. The molecule has 0 bridgehead atoms. The quantitative estimate of drug-likeness (QED) is 0.769. The van der Waals surface area contributed by atoms with Gasteiger partial charge in [0.15, 0.2) is 17.5 Å². The van der Waals surface area contributed by atoms with Crippen molar-refractivity contribution >= 4 is 23.4 Å². The molecule has 7 heteroatoms. The highest BCUT2D eigenvalue weighted by molar-refractivity contribution is 6.04. The fourth-order valence-corrected chi connectivity index (χ4v) is 2.03. The van der Waals surface area contributed by atoms with Gasteiger partial charge in [-0.1, -0.05) is 23.4 Å². The van der Waals surface area contributed by atoms with Gasteiger partial charge >= 0.3 is 0 Å². The minimum Gasteiger partial charge on any atom is -0.360 e. The zero-order valence-corrected chi connectivity index (χ0v) is 12.7. The van der Waals surface area contributed by atoms with Crippen LogP contribution in [0.15, 0.2) is 47.0 Å². The first-order valence-corrected chi connectivity index (χ1v) is 7.03. The van der Waals surface area contributed by atoms with Crippen LogP contribution in [0.3, 0.4) is 0 Å². The number of nitrogens with one attached hydrogen (secondary N) is 2. The molecule has 23 heavy (non-hydrogen) atoms. The van der Waals surface area contributed by atoms with Gasteiger partial charge in [-0.3, -0.25) is 4.79 Å². The van der Waals surface area contributed by atoms with E-state index in [1.165, 1.54) is 0 Å². The van der Waals surface area contributed by atoms with Crippen LogP contribution in [0.4, 0.5) is 17.5 Å². The Balaban J connectivity index is 1.68. The molecular weight excluding hydrogens is 294 g/mol. The van der Waals surface area contributed by atoms with Crippen LogP contribution < -0.4 is 10.6 Å². The molecule has 2 N–H and O–H groups in total. The van der Waals surface area contributed by atoms with Crippen LogP contribution in [0, 0.1) is 13.8 Å². The average Bonchev–Trinajstić information content (AvgIpc) is 2.95. The van der Waals surface area contributed by atoms with Crippen LogP contribution in [0.5, 0.6) is 0 Å². The Morgan fingerprint density at radius 3 is 2.39 bits per heavy atom. The summed E-state index contributed by atoms with van der Waals surface area (Å²) in [6.07, 6.45) is 0. The normalized spacial score (nSPS) is 10.3. The molecule has 0 saturated carbocycles. The standard InChI is InChI=1S/C16H15N5O2/c1-10-5-3-4-6-12(10)16(22)18-14-8-7-13(19-20-14)17-15-9-11(2)23-21-15/h3-9H,1-2H3,(H,17,19,21)(H,18,20,22). The number of rotatable bonds is 4. The van der Waals surface area contributed by atoms with Crippen LogP contribution in [0.25, 0.3) is 0 Å². The monoisotopic (exact) mass is 309 g/mol. The molecule has 3 rings (SSSR count). The lowest BCUT2D eigenvalue weighted by atomic mass is 10.1. The maximum Gasteiger partial charge on any atom is 0.257 e. The molecule has 0 spiro atoms. The van der Waals surface area contributed by atoms with Gasteiger partial charge in [0.1, 0.15) is 5.76 Å². The van der Waals surface area contributed by atoms with E-state index in [0.717, 1.165) is 5.56 Å². The number of hydrogen-bond acceptors (Lipinski definition) is 6. The van der Waals surface area contributed by atoms with E-state index in [4.69, 9.17) is 4.52 Å². The third kappa shape index (κ3) is 3.52. The van der Waals surface area contributed by atoms with Gasteiger partial charge in [-0.05, 0) is 37.6 Å². The number of carbonyl (C=O) groups is 1. The number of carbonyl (C=O) groups excluding carboxylic acids is 1. The molecule has 0 aliphatic rings. The van der Waals surface area contributed by atoms with Crippen molar-refractivity contribution in [2.45, 2.75) is 13.8 Å². The van der Waals surface area contributed by atoms with Gasteiger partial charge in [-0.25, -0.2) is 0 Å². The Labute approximate surface area is 132 Å². The second-order valence-corrected chi connectivity index (χ2v) is 5.02. The lowest BCUT2D eigenvalue weighted by Crippen LogP contribution is -2.14. The summed E-state index contributed by atoms with van der Waals surface area (Å²) in [4.78, 5) is 12.2. The number of benzene rings is 1. The third-order valence-corrected chi connectivity index (χ3v) is 3.18. The van der Waals surface area contributed by atoms with Gasteiger partial charge in [0.2, 0.25) is 0 Å². The van der Waals surface area contributed by atoms with Gasteiger partial charge in [0, 0.05) is 11.6 Å². The Bertz CT molecular complexity index is 826. The van der Waals surface area contributed by atoms with E-state index in [9.17, 15) is 4.79 Å². The molecule has 116 valence electrons. The molecule has 1 amide bonds. The van der Waals surface area contributed by atoms with E-state index in [0.29, 0.717) is 28.8 Å². The zero-order chi connectivity index (χ0) is 16.2. The lowest BCUT2D eigenvalue weighted by Gasteiger charge is -2.07. The van der Waals surface area contributed by atoms with Gasteiger partial charge in [0.25, 0.3) is 5.91 Å². The smallest absolute Gasteiger partial charge is 0.257 e. The van der Waals surface area contributed by atoms with Crippen molar-refractivity contribution in [1.82, 2.24) is 15.4 Å². The Kier molecular flexibility index (Phi) is 4.01. The number of amides is 1. The van der Waals surface area contributed by atoms with Crippen molar-refractivity contribution in [2.24, 2.45) is 0 Å². The van der Waals surface area contributed by atoms with E-state index in [-0.39, 0.29) is 5.91 Å². The van der Waals surface area contributed by atoms with Crippen molar-refractivity contribution < 1.29 is 9.32 Å². The van der Waals surface area contributed by atoms with Crippen LogP contribution in [0.1, 0.15) is 21.7 Å². The summed E-state index contributed by atoms with van der Waals surface area (Å²) in [6, 6.07) is 12.5. The van der Waals surface area contributed by atoms with Crippen molar-refractivity contribution in [1.29, 1.82) is 0 Å².